The zero-order valence-electron chi connectivity index (χ0n) is 6.71. The maximum atomic E-state index is 10.5. The van der Waals surface area contributed by atoms with Gasteiger partial charge in [0.1, 0.15) is 0 Å². The molecular weight excluding hydrogens is 194 g/mol. The summed E-state index contributed by atoms with van der Waals surface area (Å²) in [6.45, 7) is 0. The largest absolute Gasteiger partial charge is 0.359 e. The minimum absolute atomic E-state index is 0.171. The highest BCUT2D eigenvalue weighted by Crippen LogP contribution is 2.36. The second kappa shape index (κ2) is 2.71. The molecule has 0 atom stereocenters. The molecular formula is C6H9N3O3S. The number of aromatic nitrogens is 2. The molecule has 1 fully saturated rings. The van der Waals surface area contributed by atoms with E-state index in [4.69, 9.17) is 4.55 Å². The van der Waals surface area contributed by atoms with Crippen molar-refractivity contribution in [3.8, 4) is 0 Å². The van der Waals surface area contributed by atoms with Crippen molar-refractivity contribution in [3.05, 3.63) is 12.4 Å². The van der Waals surface area contributed by atoms with Crippen LogP contribution >= 0.6 is 0 Å². The first-order valence-electron chi connectivity index (χ1n) is 3.84. The molecule has 1 saturated carbocycles. The summed E-state index contributed by atoms with van der Waals surface area (Å²) in [5.41, 5.74) is 0. The van der Waals surface area contributed by atoms with Gasteiger partial charge in [0.25, 0.3) is 0 Å². The normalized spacial score (nSPS) is 17.3. The Morgan fingerprint density at radius 3 is 2.85 bits per heavy atom. The van der Waals surface area contributed by atoms with Gasteiger partial charge in [-0.1, -0.05) is 0 Å². The minimum Gasteiger partial charge on any atom is -0.314 e. The van der Waals surface area contributed by atoms with Crippen molar-refractivity contribution in [2.45, 2.75) is 18.9 Å². The molecule has 0 amide bonds. The third kappa shape index (κ3) is 1.99. The molecule has 0 radical (unpaired) electrons. The average molecular weight is 203 g/mol. The second-order valence-corrected chi connectivity index (χ2v) is 4.12. The zero-order chi connectivity index (χ0) is 9.47. The van der Waals surface area contributed by atoms with E-state index >= 15 is 0 Å². The molecule has 0 aliphatic heterocycles. The van der Waals surface area contributed by atoms with Crippen molar-refractivity contribution in [1.82, 2.24) is 9.55 Å². The predicted octanol–water partition coefficient (Wildman–Crippen LogP) is 0.433. The number of nitrogens with one attached hydrogen (secondary N) is 1. The van der Waals surface area contributed by atoms with Gasteiger partial charge in [-0.3, -0.25) is 4.55 Å². The van der Waals surface area contributed by atoms with Crippen LogP contribution in [0.1, 0.15) is 18.9 Å². The SMILES string of the molecule is O=S(=O)(O)Nc1nccn1C1CC1. The predicted molar refractivity (Wildman–Crippen MR) is 45.7 cm³/mol. The molecule has 72 valence electrons. The van der Waals surface area contributed by atoms with Crippen LogP contribution in [0.25, 0.3) is 0 Å². The Morgan fingerprint density at radius 1 is 1.62 bits per heavy atom. The molecule has 2 N–H and O–H groups in total. The van der Waals surface area contributed by atoms with Gasteiger partial charge in [0.2, 0.25) is 5.95 Å². The fraction of sp³-hybridized carbons (Fsp3) is 0.500. The maximum absolute atomic E-state index is 10.5. The van der Waals surface area contributed by atoms with Crippen LogP contribution in [0.5, 0.6) is 0 Å². The summed E-state index contributed by atoms with van der Waals surface area (Å²) in [5, 5.41) is 0. The Labute approximate surface area is 75.5 Å². The van der Waals surface area contributed by atoms with E-state index < -0.39 is 10.3 Å². The molecule has 1 aliphatic rings. The highest BCUT2D eigenvalue weighted by atomic mass is 32.2. The lowest BCUT2D eigenvalue weighted by Gasteiger charge is -2.04. The van der Waals surface area contributed by atoms with Gasteiger partial charge in [-0.05, 0) is 12.8 Å². The van der Waals surface area contributed by atoms with Gasteiger partial charge in [0.15, 0.2) is 0 Å². The van der Waals surface area contributed by atoms with Gasteiger partial charge in [0.05, 0.1) is 0 Å². The quantitative estimate of drug-likeness (QED) is 0.698. The Bertz CT molecular complexity index is 407. The highest BCUT2D eigenvalue weighted by Gasteiger charge is 2.26. The molecule has 0 saturated heterocycles. The third-order valence-electron chi connectivity index (χ3n) is 1.83. The number of hydrogen-bond acceptors (Lipinski definition) is 3. The van der Waals surface area contributed by atoms with E-state index in [1.165, 1.54) is 6.20 Å². The van der Waals surface area contributed by atoms with E-state index in [1.54, 1.807) is 10.8 Å². The summed E-state index contributed by atoms with van der Waals surface area (Å²) in [6.07, 6.45) is 5.23. The van der Waals surface area contributed by atoms with Gasteiger partial charge in [0, 0.05) is 18.4 Å². The monoisotopic (exact) mass is 203 g/mol. The topological polar surface area (TPSA) is 84.2 Å². The lowest BCUT2D eigenvalue weighted by Crippen LogP contribution is -2.14. The van der Waals surface area contributed by atoms with Gasteiger partial charge in [-0.25, -0.2) is 9.71 Å². The Kier molecular flexibility index (Phi) is 1.77. The fourth-order valence-corrected chi connectivity index (χ4v) is 1.54. The molecule has 2 rings (SSSR count). The third-order valence-corrected chi connectivity index (χ3v) is 2.27. The molecule has 6 nitrogen and oxygen atoms in total. The number of hydrogen-bond donors (Lipinski definition) is 2. The Hall–Kier alpha value is -1.08. The van der Waals surface area contributed by atoms with Crippen molar-refractivity contribution >= 4 is 16.3 Å². The summed E-state index contributed by atoms with van der Waals surface area (Å²) in [6, 6.07) is 0.326. The van der Waals surface area contributed by atoms with E-state index in [0.29, 0.717) is 6.04 Å². The lowest BCUT2D eigenvalue weighted by molar-refractivity contribution is 0.489. The van der Waals surface area contributed by atoms with Crippen molar-refractivity contribution in [3.63, 3.8) is 0 Å². The lowest BCUT2D eigenvalue weighted by atomic mass is 10.7. The number of nitrogens with zero attached hydrogens (tertiary/aromatic N) is 2. The van der Waals surface area contributed by atoms with Gasteiger partial charge < -0.3 is 4.57 Å². The van der Waals surface area contributed by atoms with Crippen molar-refractivity contribution < 1.29 is 13.0 Å². The maximum Gasteiger partial charge on any atom is 0.359 e. The molecule has 1 aliphatic carbocycles. The summed E-state index contributed by atoms with van der Waals surface area (Å²) >= 11 is 0. The molecule has 13 heavy (non-hydrogen) atoms. The minimum atomic E-state index is -4.21. The van der Waals surface area contributed by atoms with Crippen molar-refractivity contribution in [1.29, 1.82) is 0 Å². The number of anilines is 1. The molecule has 1 aromatic heterocycles. The van der Waals surface area contributed by atoms with Crippen LogP contribution < -0.4 is 4.72 Å². The average Bonchev–Trinajstić information content (AvgIpc) is 2.72. The van der Waals surface area contributed by atoms with Gasteiger partial charge >= 0.3 is 10.3 Å². The highest BCUT2D eigenvalue weighted by molar-refractivity contribution is 7.87. The second-order valence-electron chi connectivity index (χ2n) is 2.97. The van der Waals surface area contributed by atoms with E-state index in [0.717, 1.165) is 12.8 Å². The summed E-state index contributed by atoms with van der Waals surface area (Å²) < 4.78 is 33.1. The van der Waals surface area contributed by atoms with E-state index in [9.17, 15) is 8.42 Å². The Balaban J connectivity index is 2.24. The van der Waals surface area contributed by atoms with Crippen molar-refractivity contribution in [2.24, 2.45) is 0 Å². The van der Waals surface area contributed by atoms with Gasteiger partial charge in [-0.2, -0.15) is 8.42 Å². The molecule has 0 spiro atoms. The van der Waals surface area contributed by atoms with Crippen LogP contribution in [0.4, 0.5) is 5.95 Å². The van der Waals surface area contributed by atoms with Crippen LogP contribution in [0.2, 0.25) is 0 Å². The summed E-state index contributed by atoms with van der Waals surface area (Å²) in [7, 11) is -4.21. The number of rotatable bonds is 3. The number of imidazole rings is 1. The molecule has 7 heteroatoms. The van der Waals surface area contributed by atoms with Crippen LogP contribution in [-0.4, -0.2) is 22.5 Å². The van der Waals surface area contributed by atoms with Gasteiger partial charge in [-0.15, -0.1) is 0 Å². The van der Waals surface area contributed by atoms with Crippen LogP contribution in [0.15, 0.2) is 12.4 Å². The first-order valence-corrected chi connectivity index (χ1v) is 5.28. The molecule has 1 heterocycles. The van der Waals surface area contributed by atoms with Crippen LogP contribution in [0, 0.1) is 0 Å². The van der Waals surface area contributed by atoms with Crippen LogP contribution in [0.3, 0.4) is 0 Å². The zero-order valence-corrected chi connectivity index (χ0v) is 7.53. The molecule has 1 aromatic rings. The molecule has 0 unspecified atom stereocenters. The summed E-state index contributed by atoms with van der Waals surface area (Å²) in [5.74, 6) is 0.171. The van der Waals surface area contributed by atoms with E-state index in [1.807, 2.05) is 4.72 Å². The van der Waals surface area contributed by atoms with Crippen LogP contribution in [-0.2, 0) is 10.3 Å². The Morgan fingerprint density at radius 2 is 2.31 bits per heavy atom. The molecule has 0 bridgehead atoms. The van der Waals surface area contributed by atoms with E-state index in [-0.39, 0.29) is 5.95 Å². The smallest absolute Gasteiger partial charge is 0.314 e. The first kappa shape index (κ1) is 8.52. The molecule has 0 aromatic carbocycles. The first-order chi connectivity index (χ1) is 6.06. The van der Waals surface area contributed by atoms with E-state index in [2.05, 4.69) is 4.98 Å². The fourth-order valence-electron chi connectivity index (χ4n) is 1.15. The van der Waals surface area contributed by atoms with Crippen molar-refractivity contribution in [2.75, 3.05) is 4.72 Å². The standard InChI is InChI=1S/C6H9N3O3S/c10-13(11,12)8-6-7-3-4-9(6)5-1-2-5/h3-5H,1-2H2,(H,7,8)(H,10,11,12). The summed E-state index contributed by atoms with van der Waals surface area (Å²) in [4.78, 5) is 3.78.